The molecule has 1 aromatic heterocycles. The van der Waals surface area contributed by atoms with Crippen LogP contribution in [0.3, 0.4) is 0 Å². The van der Waals surface area contributed by atoms with Crippen LogP contribution in [0.2, 0.25) is 0 Å². The number of nitrogens with zero attached hydrogens (tertiary/aromatic N) is 5. The van der Waals surface area contributed by atoms with Gasteiger partial charge in [-0.1, -0.05) is 5.21 Å². The molecule has 1 unspecified atom stereocenters. The van der Waals surface area contributed by atoms with Crippen LogP contribution in [-0.4, -0.2) is 56.6 Å². The lowest BCUT2D eigenvalue weighted by Crippen LogP contribution is -2.31. The Morgan fingerprint density at radius 3 is 3.00 bits per heavy atom. The number of carboxylic acid groups (broad SMARTS) is 1. The zero-order valence-electron chi connectivity index (χ0n) is 8.74. The summed E-state index contributed by atoms with van der Waals surface area (Å²) >= 11 is 0. The first-order valence-corrected chi connectivity index (χ1v) is 4.74. The molecule has 16 heavy (non-hydrogen) atoms. The normalized spacial score (nSPS) is 19.9. The highest BCUT2D eigenvalue weighted by molar-refractivity contribution is 5.84. The maximum Gasteiger partial charge on any atom is 0.358 e. The Morgan fingerprint density at radius 1 is 1.75 bits per heavy atom. The predicted octanol–water partition coefficient (Wildman–Crippen LogP) is -1.39. The van der Waals surface area contributed by atoms with E-state index in [4.69, 9.17) is 10.8 Å². The average molecular weight is 224 g/mol. The SMILES string of the molecule is CN1CC(Cn2cc(C(=O)O)nn2)N=C1N. The number of guanidine groups is 1. The predicted molar refractivity (Wildman–Crippen MR) is 55.0 cm³/mol. The number of aromatic carboxylic acids is 1. The Kier molecular flexibility index (Phi) is 2.47. The van der Waals surface area contributed by atoms with E-state index in [1.165, 1.54) is 10.9 Å². The number of rotatable bonds is 3. The number of carboxylic acids is 1. The van der Waals surface area contributed by atoms with E-state index in [0.717, 1.165) is 0 Å². The summed E-state index contributed by atoms with van der Waals surface area (Å²) in [5.41, 5.74) is 5.55. The van der Waals surface area contributed by atoms with Crippen molar-refractivity contribution in [3.05, 3.63) is 11.9 Å². The second-order valence-corrected chi connectivity index (χ2v) is 3.65. The Hall–Kier alpha value is -2.12. The third-order valence-corrected chi connectivity index (χ3v) is 2.35. The molecule has 8 nitrogen and oxygen atoms in total. The van der Waals surface area contributed by atoms with Gasteiger partial charge in [-0.05, 0) is 0 Å². The molecule has 0 amide bonds. The third kappa shape index (κ3) is 1.95. The molecule has 86 valence electrons. The van der Waals surface area contributed by atoms with E-state index in [0.29, 0.717) is 19.0 Å². The number of aliphatic imine (C=N–C) groups is 1. The monoisotopic (exact) mass is 224 g/mol. The van der Waals surface area contributed by atoms with E-state index < -0.39 is 5.97 Å². The number of aromatic nitrogens is 3. The third-order valence-electron chi connectivity index (χ3n) is 2.35. The summed E-state index contributed by atoms with van der Waals surface area (Å²) in [4.78, 5) is 16.6. The van der Waals surface area contributed by atoms with E-state index in [2.05, 4.69) is 15.3 Å². The molecular formula is C8H12N6O2. The number of likely N-dealkylation sites (N-methyl/N-ethyl adjacent to an activating group) is 1. The van der Waals surface area contributed by atoms with Gasteiger partial charge in [-0.15, -0.1) is 5.10 Å². The molecule has 0 spiro atoms. The van der Waals surface area contributed by atoms with Gasteiger partial charge in [-0.25, -0.2) is 14.5 Å². The Bertz CT molecular complexity index is 439. The van der Waals surface area contributed by atoms with Crippen molar-refractivity contribution in [2.24, 2.45) is 10.7 Å². The molecule has 1 aromatic rings. The van der Waals surface area contributed by atoms with Crippen molar-refractivity contribution in [2.45, 2.75) is 12.6 Å². The Balaban J connectivity index is 2.02. The number of hydrogen-bond donors (Lipinski definition) is 2. The minimum atomic E-state index is -1.09. The van der Waals surface area contributed by atoms with Crippen molar-refractivity contribution >= 4 is 11.9 Å². The molecule has 8 heteroatoms. The summed E-state index contributed by atoms with van der Waals surface area (Å²) in [5, 5.41) is 15.9. The second-order valence-electron chi connectivity index (χ2n) is 3.65. The smallest absolute Gasteiger partial charge is 0.358 e. The van der Waals surface area contributed by atoms with E-state index in [1.54, 1.807) is 0 Å². The van der Waals surface area contributed by atoms with Gasteiger partial charge < -0.3 is 15.7 Å². The van der Waals surface area contributed by atoms with Crippen molar-refractivity contribution in [1.29, 1.82) is 0 Å². The molecule has 0 saturated heterocycles. The van der Waals surface area contributed by atoms with Crippen LogP contribution in [0.5, 0.6) is 0 Å². The topological polar surface area (TPSA) is 110 Å². The lowest BCUT2D eigenvalue weighted by atomic mass is 10.3. The molecule has 1 atom stereocenters. The highest BCUT2D eigenvalue weighted by Crippen LogP contribution is 2.06. The molecule has 0 fully saturated rings. The minimum absolute atomic E-state index is 0.00616. The van der Waals surface area contributed by atoms with Crippen LogP contribution in [0.25, 0.3) is 0 Å². The maximum atomic E-state index is 10.6. The van der Waals surface area contributed by atoms with Crippen LogP contribution in [0.15, 0.2) is 11.2 Å². The number of carbonyl (C=O) groups is 1. The molecule has 1 aliphatic heterocycles. The van der Waals surface area contributed by atoms with Crippen LogP contribution in [-0.2, 0) is 6.54 Å². The average Bonchev–Trinajstić information content (AvgIpc) is 2.76. The fourth-order valence-electron chi connectivity index (χ4n) is 1.54. The van der Waals surface area contributed by atoms with E-state index in [9.17, 15) is 4.79 Å². The second kappa shape index (κ2) is 3.80. The van der Waals surface area contributed by atoms with Crippen molar-refractivity contribution < 1.29 is 9.90 Å². The summed E-state index contributed by atoms with van der Waals surface area (Å²) < 4.78 is 1.46. The lowest BCUT2D eigenvalue weighted by molar-refractivity contribution is 0.0690. The van der Waals surface area contributed by atoms with E-state index in [1.807, 2.05) is 11.9 Å². The molecule has 0 saturated carbocycles. The van der Waals surface area contributed by atoms with Crippen LogP contribution in [0, 0.1) is 0 Å². The van der Waals surface area contributed by atoms with Gasteiger partial charge in [0.2, 0.25) is 0 Å². The summed E-state index contributed by atoms with van der Waals surface area (Å²) in [6.45, 7) is 1.18. The minimum Gasteiger partial charge on any atom is -0.476 e. The van der Waals surface area contributed by atoms with Gasteiger partial charge in [0.15, 0.2) is 11.7 Å². The van der Waals surface area contributed by atoms with Gasteiger partial charge in [0.25, 0.3) is 0 Å². The maximum absolute atomic E-state index is 10.6. The van der Waals surface area contributed by atoms with Gasteiger partial charge >= 0.3 is 5.97 Å². The van der Waals surface area contributed by atoms with Crippen LogP contribution < -0.4 is 5.73 Å². The van der Waals surface area contributed by atoms with Crippen molar-refractivity contribution in [3.8, 4) is 0 Å². The Labute approximate surface area is 91.4 Å². The molecule has 2 rings (SSSR count). The Morgan fingerprint density at radius 2 is 2.50 bits per heavy atom. The fraction of sp³-hybridized carbons (Fsp3) is 0.500. The van der Waals surface area contributed by atoms with Gasteiger partial charge in [0.1, 0.15) is 0 Å². The molecule has 3 N–H and O–H groups in total. The standard InChI is InChI=1S/C8H12N6O2/c1-13-2-5(10-8(13)9)3-14-4-6(7(15)16)11-12-14/h4-5H,2-3H2,1H3,(H2,9,10)(H,15,16). The molecule has 0 bridgehead atoms. The summed E-state index contributed by atoms with van der Waals surface area (Å²) in [5.74, 6) is -0.596. The van der Waals surface area contributed by atoms with Gasteiger partial charge in [0.05, 0.1) is 18.8 Å². The highest BCUT2D eigenvalue weighted by atomic mass is 16.4. The van der Waals surface area contributed by atoms with Crippen molar-refractivity contribution in [3.63, 3.8) is 0 Å². The molecule has 1 aliphatic rings. The van der Waals surface area contributed by atoms with E-state index in [-0.39, 0.29) is 11.7 Å². The number of nitrogens with two attached hydrogens (primary N) is 1. The zero-order chi connectivity index (χ0) is 11.7. The van der Waals surface area contributed by atoms with Crippen molar-refractivity contribution in [1.82, 2.24) is 19.9 Å². The van der Waals surface area contributed by atoms with E-state index >= 15 is 0 Å². The molecule has 0 aliphatic carbocycles. The fourth-order valence-corrected chi connectivity index (χ4v) is 1.54. The van der Waals surface area contributed by atoms with Gasteiger partial charge in [-0.3, -0.25) is 0 Å². The molecular weight excluding hydrogens is 212 g/mol. The first kappa shape index (κ1) is 10.4. The van der Waals surface area contributed by atoms with Crippen LogP contribution >= 0.6 is 0 Å². The summed E-state index contributed by atoms with van der Waals surface area (Å²) in [7, 11) is 1.85. The molecule has 2 heterocycles. The quantitative estimate of drug-likeness (QED) is 0.653. The lowest BCUT2D eigenvalue weighted by Gasteiger charge is -2.10. The van der Waals surface area contributed by atoms with Crippen LogP contribution in [0.4, 0.5) is 0 Å². The van der Waals surface area contributed by atoms with Crippen molar-refractivity contribution in [2.75, 3.05) is 13.6 Å². The molecule has 0 radical (unpaired) electrons. The zero-order valence-corrected chi connectivity index (χ0v) is 8.74. The summed E-state index contributed by atoms with van der Waals surface area (Å²) in [6.07, 6.45) is 1.38. The van der Waals surface area contributed by atoms with Gasteiger partial charge in [-0.2, -0.15) is 0 Å². The number of hydrogen-bond acceptors (Lipinski definition) is 6. The molecule has 0 aromatic carbocycles. The first-order chi connectivity index (χ1) is 7.56. The van der Waals surface area contributed by atoms with Gasteiger partial charge in [0, 0.05) is 13.6 Å². The highest BCUT2D eigenvalue weighted by Gasteiger charge is 2.21. The first-order valence-electron chi connectivity index (χ1n) is 4.74. The summed E-state index contributed by atoms with van der Waals surface area (Å²) in [6, 6.07) is -0.00616. The van der Waals surface area contributed by atoms with Crippen LogP contribution in [0.1, 0.15) is 10.5 Å². The largest absolute Gasteiger partial charge is 0.476 e.